The third kappa shape index (κ3) is 12.0. The topological polar surface area (TPSA) is 90.9 Å². The highest BCUT2D eigenvalue weighted by Crippen LogP contribution is 2.25. The lowest BCUT2D eigenvalue weighted by atomic mass is 10.2. The molecule has 0 saturated carbocycles. The van der Waals surface area contributed by atoms with Crippen molar-refractivity contribution in [1.82, 2.24) is 5.32 Å². The molecule has 0 unspecified atom stereocenters. The highest BCUT2D eigenvalue weighted by Gasteiger charge is 2.25. The Morgan fingerprint density at radius 2 is 1.48 bits per heavy atom. The van der Waals surface area contributed by atoms with Crippen LogP contribution in [0.5, 0.6) is 0 Å². The normalized spacial score (nSPS) is 13.5. The van der Waals surface area contributed by atoms with Crippen molar-refractivity contribution in [3.05, 3.63) is 0 Å². The van der Waals surface area contributed by atoms with E-state index in [-0.39, 0.29) is 18.5 Å². The van der Waals surface area contributed by atoms with Gasteiger partial charge in [0.2, 0.25) is 0 Å². The maximum atomic E-state index is 12.0. The van der Waals surface area contributed by atoms with Crippen LogP contribution in [0.1, 0.15) is 41.5 Å². The van der Waals surface area contributed by atoms with E-state index in [1.165, 1.54) is 21.6 Å². The second-order valence-corrected chi connectivity index (χ2v) is 8.73. The fourth-order valence-corrected chi connectivity index (χ4v) is 3.97. The minimum atomic E-state index is -0.815. The second-order valence-electron chi connectivity index (χ2n) is 6.17. The lowest BCUT2D eigenvalue weighted by molar-refractivity contribution is -0.146. The Kier molecular flexibility index (Phi) is 11.8. The highest BCUT2D eigenvalue weighted by atomic mass is 33.1. The van der Waals surface area contributed by atoms with Gasteiger partial charge in [0.05, 0.1) is 19.1 Å². The molecular weight excluding hydrogens is 366 g/mol. The first-order chi connectivity index (χ1) is 11.6. The van der Waals surface area contributed by atoms with Crippen LogP contribution in [0.2, 0.25) is 0 Å². The third-order valence-electron chi connectivity index (χ3n) is 2.59. The van der Waals surface area contributed by atoms with Crippen LogP contribution < -0.4 is 5.32 Å². The molecule has 0 bridgehead atoms. The number of esters is 2. The van der Waals surface area contributed by atoms with Crippen molar-refractivity contribution in [2.75, 3.05) is 24.7 Å². The number of carbonyl (C=O) groups is 3. The molecule has 7 nitrogen and oxygen atoms in total. The molecule has 2 atom stereocenters. The van der Waals surface area contributed by atoms with E-state index in [0.29, 0.717) is 18.1 Å². The second kappa shape index (κ2) is 12.3. The number of alkyl carbamates (subject to hydrolysis) is 1. The molecule has 0 fully saturated rings. The molecule has 146 valence electrons. The molecule has 9 heteroatoms. The Labute approximate surface area is 157 Å². The van der Waals surface area contributed by atoms with E-state index in [1.807, 2.05) is 0 Å². The van der Waals surface area contributed by atoms with E-state index in [4.69, 9.17) is 14.2 Å². The van der Waals surface area contributed by atoms with Gasteiger partial charge in [-0.2, -0.15) is 0 Å². The molecule has 0 aliphatic heterocycles. The summed E-state index contributed by atoms with van der Waals surface area (Å²) in [6, 6.07) is -0.815. The number of hydrogen-bond donors (Lipinski definition) is 1. The number of amides is 1. The van der Waals surface area contributed by atoms with Gasteiger partial charge in [0.15, 0.2) is 0 Å². The van der Waals surface area contributed by atoms with Crippen LogP contribution in [0.25, 0.3) is 0 Å². The third-order valence-corrected chi connectivity index (χ3v) is 5.18. The Morgan fingerprint density at radius 1 is 0.960 bits per heavy atom. The van der Waals surface area contributed by atoms with Crippen LogP contribution in [-0.2, 0) is 23.8 Å². The number of ether oxygens (including phenoxy) is 3. The van der Waals surface area contributed by atoms with Gasteiger partial charge in [-0.1, -0.05) is 28.5 Å². The molecular formula is C16H29NO6S2. The molecule has 25 heavy (non-hydrogen) atoms. The predicted octanol–water partition coefficient (Wildman–Crippen LogP) is 3.02. The Bertz CT molecular complexity index is 439. The number of rotatable bonds is 10. The molecule has 0 aliphatic carbocycles. The molecule has 0 rings (SSSR count). The summed E-state index contributed by atoms with van der Waals surface area (Å²) in [4.78, 5) is 35.4. The zero-order valence-corrected chi connectivity index (χ0v) is 17.4. The first-order valence-electron chi connectivity index (χ1n) is 8.17. The summed E-state index contributed by atoms with van der Waals surface area (Å²) in [6.07, 6.45) is -0.670. The molecule has 0 aromatic heterocycles. The Hall–Kier alpha value is -1.09. The lowest BCUT2D eigenvalue weighted by Gasteiger charge is -2.22. The van der Waals surface area contributed by atoms with Crippen LogP contribution in [0.15, 0.2) is 0 Å². The quantitative estimate of drug-likeness (QED) is 0.261. The van der Waals surface area contributed by atoms with Gasteiger partial charge in [0.25, 0.3) is 0 Å². The molecule has 0 saturated heterocycles. The zero-order chi connectivity index (χ0) is 19.5. The smallest absolute Gasteiger partial charge is 0.408 e. The van der Waals surface area contributed by atoms with Gasteiger partial charge < -0.3 is 19.5 Å². The van der Waals surface area contributed by atoms with Crippen molar-refractivity contribution >= 4 is 39.6 Å². The fourth-order valence-electron chi connectivity index (χ4n) is 1.48. The minimum absolute atomic E-state index is 0.225. The maximum absolute atomic E-state index is 12.0. The molecule has 1 amide bonds. The van der Waals surface area contributed by atoms with E-state index >= 15 is 0 Å². The van der Waals surface area contributed by atoms with Crippen molar-refractivity contribution in [3.8, 4) is 0 Å². The van der Waals surface area contributed by atoms with Crippen molar-refractivity contribution in [3.63, 3.8) is 0 Å². The monoisotopic (exact) mass is 395 g/mol. The first kappa shape index (κ1) is 23.9. The number of hydrogen-bond acceptors (Lipinski definition) is 8. The van der Waals surface area contributed by atoms with E-state index < -0.39 is 23.7 Å². The summed E-state index contributed by atoms with van der Waals surface area (Å²) in [5.74, 6) is -0.148. The SMILES string of the molecule is CCOC(=O)[C@H](CSSC[C@H](C)C(=O)OCC)NC(=O)OC(C)(C)C. The molecule has 0 aromatic carbocycles. The summed E-state index contributed by atoms with van der Waals surface area (Å²) in [5.41, 5.74) is -0.653. The van der Waals surface area contributed by atoms with E-state index in [1.54, 1.807) is 41.5 Å². The van der Waals surface area contributed by atoms with Crippen LogP contribution in [-0.4, -0.2) is 54.4 Å². The van der Waals surface area contributed by atoms with E-state index in [2.05, 4.69) is 5.32 Å². The standard InChI is InChI=1S/C16H29NO6S2/c1-7-21-13(18)11(3)9-24-25-10-12(14(19)22-8-2)17-15(20)23-16(4,5)6/h11-12H,7-10H2,1-6H3,(H,17,20)/t11-,12-/m0/s1. The van der Waals surface area contributed by atoms with Crippen molar-refractivity contribution < 1.29 is 28.6 Å². The van der Waals surface area contributed by atoms with Gasteiger partial charge in [-0.3, -0.25) is 4.79 Å². The Morgan fingerprint density at radius 3 is 2.00 bits per heavy atom. The molecule has 0 spiro atoms. The van der Waals surface area contributed by atoms with Crippen LogP contribution in [0.4, 0.5) is 4.79 Å². The van der Waals surface area contributed by atoms with Crippen LogP contribution >= 0.6 is 21.6 Å². The van der Waals surface area contributed by atoms with Gasteiger partial charge >= 0.3 is 18.0 Å². The average Bonchev–Trinajstić information content (AvgIpc) is 2.48. The lowest BCUT2D eigenvalue weighted by Crippen LogP contribution is -2.45. The molecule has 0 aliphatic rings. The first-order valence-corrected chi connectivity index (χ1v) is 10.7. The van der Waals surface area contributed by atoms with Gasteiger partial charge in [-0.25, -0.2) is 9.59 Å². The average molecular weight is 396 g/mol. The number of carbonyl (C=O) groups excluding carboxylic acids is 3. The Balaban J connectivity index is 4.43. The summed E-state index contributed by atoms with van der Waals surface area (Å²) in [7, 11) is 2.81. The highest BCUT2D eigenvalue weighted by molar-refractivity contribution is 8.76. The van der Waals surface area contributed by atoms with Gasteiger partial charge in [-0.05, 0) is 34.6 Å². The van der Waals surface area contributed by atoms with Crippen LogP contribution in [0.3, 0.4) is 0 Å². The summed E-state index contributed by atoms with van der Waals surface area (Å²) in [6.45, 7) is 11.1. The predicted molar refractivity (Wildman–Crippen MR) is 101 cm³/mol. The summed E-state index contributed by atoms with van der Waals surface area (Å²) in [5, 5.41) is 2.53. The van der Waals surface area contributed by atoms with Crippen molar-refractivity contribution in [1.29, 1.82) is 0 Å². The van der Waals surface area contributed by atoms with Crippen LogP contribution in [0, 0.1) is 5.92 Å². The summed E-state index contributed by atoms with van der Waals surface area (Å²) < 4.78 is 15.1. The van der Waals surface area contributed by atoms with Crippen molar-refractivity contribution in [2.45, 2.75) is 53.2 Å². The van der Waals surface area contributed by atoms with Crippen molar-refractivity contribution in [2.24, 2.45) is 5.92 Å². The van der Waals surface area contributed by atoms with Gasteiger partial charge in [-0.15, -0.1) is 0 Å². The summed E-state index contributed by atoms with van der Waals surface area (Å²) >= 11 is 0. The fraction of sp³-hybridized carbons (Fsp3) is 0.812. The molecule has 0 aromatic rings. The van der Waals surface area contributed by atoms with Gasteiger partial charge in [0, 0.05) is 11.5 Å². The maximum Gasteiger partial charge on any atom is 0.408 e. The zero-order valence-electron chi connectivity index (χ0n) is 15.7. The molecule has 0 heterocycles. The molecule has 1 N–H and O–H groups in total. The van der Waals surface area contributed by atoms with E-state index in [0.717, 1.165) is 0 Å². The molecule has 0 radical (unpaired) electrons. The number of nitrogens with one attached hydrogen (secondary N) is 1. The largest absolute Gasteiger partial charge is 0.466 e. The minimum Gasteiger partial charge on any atom is -0.466 e. The van der Waals surface area contributed by atoms with Gasteiger partial charge in [0.1, 0.15) is 11.6 Å². The van der Waals surface area contributed by atoms with E-state index in [9.17, 15) is 14.4 Å².